The Kier molecular flexibility index (Phi) is 8.48. The highest BCUT2D eigenvalue weighted by Crippen LogP contribution is 2.30. The first-order valence-corrected chi connectivity index (χ1v) is 13.5. The first-order valence-electron chi connectivity index (χ1n) is 11.3. The van der Waals surface area contributed by atoms with E-state index in [0.717, 1.165) is 16.8 Å². The van der Waals surface area contributed by atoms with E-state index in [1.165, 1.54) is 29.3 Å². The molecule has 0 N–H and O–H groups in total. The van der Waals surface area contributed by atoms with Crippen LogP contribution >= 0.6 is 23.2 Å². The Morgan fingerprint density at radius 3 is 2.38 bits per heavy atom. The fourth-order valence-corrected chi connectivity index (χ4v) is 5.08. The Bertz CT molecular complexity index is 1410. The van der Waals surface area contributed by atoms with Crippen LogP contribution in [0.2, 0.25) is 5.02 Å². The third-order valence-electron chi connectivity index (χ3n) is 5.45. The minimum absolute atomic E-state index is 0.0881. The molecule has 0 saturated carbocycles. The van der Waals surface area contributed by atoms with Crippen molar-refractivity contribution >= 4 is 50.2 Å². The summed E-state index contributed by atoms with van der Waals surface area (Å²) in [6, 6.07) is 22.5. The summed E-state index contributed by atoms with van der Waals surface area (Å²) in [7, 11) is -4.14. The van der Waals surface area contributed by atoms with Crippen LogP contribution in [-0.2, 0) is 19.6 Å². The minimum Gasteiger partial charge on any atom is -0.482 e. The molecule has 0 fully saturated rings. The van der Waals surface area contributed by atoms with Gasteiger partial charge in [0.05, 0.1) is 23.8 Å². The molecule has 11 heteroatoms. The summed E-state index contributed by atoms with van der Waals surface area (Å²) < 4.78 is 39.7. The first kappa shape index (κ1) is 26.7. The zero-order valence-corrected chi connectivity index (χ0v) is 22.1. The van der Waals surface area contributed by atoms with Crippen molar-refractivity contribution in [1.29, 1.82) is 0 Å². The lowest BCUT2D eigenvalue weighted by molar-refractivity contribution is -0.145. The average molecular weight is 560 g/mol. The predicted molar refractivity (Wildman–Crippen MR) is 143 cm³/mol. The molecule has 0 radical (unpaired) electrons. The normalized spacial score (nSPS) is 15.9. The van der Waals surface area contributed by atoms with Gasteiger partial charge in [-0.1, -0.05) is 54.1 Å². The lowest BCUT2D eigenvalue weighted by Gasteiger charge is -2.15. The van der Waals surface area contributed by atoms with E-state index in [4.69, 9.17) is 32.7 Å². The van der Waals surface area contributed by atoms with Crippen molar-refractivity contribution in [2.75, 3.05) is 19.8 Å². The van der Waals surface area contributed by atoms with Crippen LogP contribution in [-0.4, -0.2) is 50.2 Å². The standard InChI is InChI=1S/C26H23Cl2N3O5S/c1-2-35-24(32)17-36-21-12-14-22(15-13-21)37(33,34)30-26(28)31-16-23(18-6-4-3-5-7-18)25(29-31)19-8-10-20(27)11-9-19/h3-15,23H,2,16-17H2,1H3/b30-26+. The van der Waals surface area contributed by atoms with Crippen molar-refractivity contribution in [3.63, 3.8) is 0 Å². The van der Waals surface area contributed by atoms with Crippen molar-refractivity contribution in [3.8, 4) is 5.75 Å². The quantitative estimate of drug-likeness (QED) is 0.165. The highest BCUT2D eigenvalue weighted by Gasteiger charge is 2.32. The molecular weight excluding hydrogens is 537 g/mol. The molecule has 0 aliphatic carbocycles. The van der Waals surface area contributed by atoms with Crippen LogP contribution in [0.15, 0.2) is 93.3 Å². The number of hydrogen-bond acceptors (Lipinski definition) is 6. The zero-order valence-electron chi connectivity index (χ0n) is 19.8. The zero-order chi connectivity index (χ0) is 26.4. The molecular formula is C26H23Cl2N3O5S. The molecule has 192 valence electrons. The Morgan fingerprint density at radius 1 is 1.05 bits per heavy atom. The lowest BCUT2D eigenvalue weighted by Crippen LogP contribution is -2.23. The molecule has 3 aromatic rings. The highest BCUT2D eigenvalue weighted by molar-refractivity contribution is 7.90. The molecule has 0 amide bonds. The number of benzene rings is 3. The van der Waals surface area contributed by atoms with E-state index >= 15 is 0 Å². The molecule has 0 bridgehead atoms. The van der Waals surface area contributed by atoms with Crippen molar-refractivity contribution in [1.82, 2.24) is 5.01 Å². The number of carbonyl (C=O) groups excluding carboxylic acids is 1. The van der Waals surface area contributed by atoms with Crippen LogP contribution < -0.4 is 4.74 Å². The third-order valence-corrected chi connectivity index (χ3v) is 7.36. The number of esters is 1. The summed E-state index contributed by atoms with van der Waals surface area (Å²) in [4.78, 5) is 11.3. The van der Waals surface area contributed by atoms with E-state index in [9.17, 15) is 13.2 Å². The first-order chi connectivity index (χ1) is 17.8. The number of hydrazone groups is 1. The Morgan fingerprint density at radius 2 is 1.73 bits per heavy atom. The molecule has 37 heavy (non-hydrogen) atoms. The number of carbonyl (C=O) groups is 1. The van der Waals surface area contributed by atoms with Gasteiger partial charge in [-0.05, 0) is 66.0 Å². The van der Waals surface area contributed by atoms with Gasteiger partial charge in [-0.3, -0.25) is 0 Å². The van der Waals surface area contributed by atoms with Crippen molar-refractivity contribution in [2.24, 2.45) is 9.50 Å². The number of hydrogen-bond donors (Lipinski definition) is 0. The second-order valence-corrected chi connectivity index (χ2v) is 10.3. The predicted octanol–water partition coefficient (Wildman–Crippen LogP) is 5.07. The second kappa shape index (κ2) is 11.8. The largest absolute Gasteiger partial charge is 0.482 e. The SMILES string of the molecule is CCOC(=O)COc1ccc(S(=O)(=O)/N=C(\Cl)N2CC(c3ccccc3)C(c3ccc(Cl)cc3)=N2)cc1. The smallest absolute Gasteiger partial charge is 0.344 e. The molecule has 1 atom stereocenters. The van der Waals surface area contributed by atoms with Gasteiger partial charge in [-0.2, -0.15) is 13.5 Å². The monoisotopic (exact) mass is 559 g/mol. The number of amidine groups is 1. The van der Waals surface area contributed by atoms with Gasteiger partial charge in [0.15, 0.2) is 6.61 Å². The van der Waals surface area contributed by atoms with Gasteiger partial charge in [0.2, 0.25) is 5.29 Å². The summed E-state index contributed by atoms with van der Waals surface area (Å²) in [5, 5.41) is 6.29. The molecule has 0 aromatic heterocycles. The minimum atomic E-state index is -4.14. The number of sulfonamides is 1. The molecule has 3 aromatic carbocycles. The van der Waals surface area contributed by atoms with E-state index in [-0.39, 0.29) is 29.3 Å². The van der Waals surface area contributed by atoms with Gasteiger partial charge in [-0.25, -0.2) is 9.80 Å². The average Bonchev–Trinajstić information content (AvgIpc) is 3.34. The summed E-state index contributed by atoms with van der Waals surface area (Å²) in [5.41, 5.74) is 2.56. The maximum Gasteiger partial charge on any atom is 0.344 e. The van der Waals surface area contributed by atoms with Crippen LogP contribution in [0.1, 0.15) is 24.0 Å². The maximum absolute atomic E-state index is 12.9. The van der Waals surface area contributed by atoms with E-state index in [1.54, 1.807) is 19.1 Å². The van der Waals surface area contributed by atoms with Crippen molar-refractivity contribution in [3.05, 3.63) is 95.0 Å². The molecule has 1 unspecified atom stereocenters. The van der Waals surface area contributed by atoms with Crippen LogP contribution in [0, 0.1) is 0 Å². The topological polar surface area (TPSA) is 97.6 Å². The van der Waals surface area contributed by atoms with Crippen molar-refractivity contribution < 1.29 is 22.7 Å². The fourth-order valence-electron chi connectivity index (χ4n) is 3.70. The highest BCUT2D eigenvalue weighted by atomic mass is 35.5. The van der Waals surface area contributed by atoms with Gasteiger partial charge >= 0.3 is 5.97 Å². The number of ether oxygens (including phenoxy) is 2. The maximum atomic E-state index is 12.9. The number of halogens is 2. The number of nitrogens with zero attached hydrogens (tertiary/aromatic N) is 3. The van der Waals surface area contributed by atoms with Crippen LogP contribution in [0.5, 0.6) is 5.75 Å². The Labute approximate surface area is 225 Å². The second-order valence-electron chi connectivity index (χ2n) is 7.94. The third kappa shape index (κ3) is 6.68. The molecule has 1 aliphatic rings. The van der Waals surface area contributed by atoms with Crippen LogP contribution in [0.3, 0.4) is 0 Å². The molecule has 1 heterocycles. The van der Waals surface area contributed by atoms with Crippen LogP contribution in [0.4, 0.5) is 0 Å². The van der Waals surface area contributed by atoms with Gasteiger partial charge in [-0.15, -0.1) is 4.40 Å². The molecule has 1 aliphatic heterocycles. The van der Waals surface area contributed by atoms with Crippen LogP contribution in [0.25, 0.3) is 0 Å². The lowest BCUT2D eigenvalue weighted by atomic mass is 9.91. The van der Waals surface area contributed by atoms with Gasteiger partial charge in [0.1, 0.15) is 5.75 Å². The van der Waals surface area contributed by atoms with Gasteiger partial charge in [0.25, 0.3) is 10.0 Å². The van der Waals surface area contributed by atoms with E-state index in [0.29, 0.717) is 17.3 Å². The van der Waals surface area contributed by atoms with E-state index in [2.05, 4.69) is 9.50 Å². The van der Waals surface area contributed by atoms with Gasteiger partial charge < -0.3 is 9.47 Å². The Balaban J connectivity index is 1.55. The molecule has 4 rings (SSSR count). The molecule has 8 nitrogen and oxygen atoms in total. The number of rotatable bonds is 8. The molecule has 0 spiro atoms. The van der Waals surface area contributed by atoms with E-state index in [1.807, 2.05) is 42.5 Å². The fraction of sp³-hybridized carbons (Fsp3) is 0.192. The summed E-state index contributed by atoms with van der Waals surface area (Å²) >= 11 is 12.4. The van der Waals surface area contributed by atoms with Gasteiger partial charge in [0, 0.05) is 10.9 Å². The molecule has 0 saturated heterocycles. The summed E-state index contributed by atoms with van der Waals surface area (Å²) in [5.74, 6) is -0.372. The summed E-state index contributed by atoms with van der Waals surface area (Å²) in [6.45, 7) is 1.96. The van der Waals surface area contributed by atoms with E-state index < -0.39 is 16.0 Å². The summed E-state index contributed by atoms with van der Waals surface area (Å²) in [6.07, 6.45) is 0. The van der Waals surface area contributed by atoms with Crippen molar-refractivity contribution in [2.45, 2.75) is 17.7 Å². The Hall–Kier alpha value is -3.40.